The zero-order valence-electron chi connectivity index (χ0n) is 12.5. The number of hydrogen-bond donors (Lipinski definition) is 0. The summed E-state index contributed by atoms with van der Waals surface area (Å²) in [5, 5.41) is 8.44. The molecule has 122 valence electrons. The molecule has 0 bridgehead atoms. The first-order valence-electron chi connectivity index (χ1n) is 6.74. The number of halogens is 3. The van der Waals surface area contributed by atoms with E-state index in [0.29, 0.717) is 0 Å². The van der Waals surface area contributed by atoms with Gasteiger partial charge in [0.05, 0.1) is 5.69 Å². The van der Waals surface area contributed by atoms with Crippen LogP contribution in [0.2, 0.25) is 0 Å². The largest absolute Gasteiger partial charge is 0.402 e. The van der Waals surface area contributed by atoms with Crippen LogP contribution in [0.25, 0.3) is 0 Å². The van der Waals surface area contributed by atoms with Crippen LogP contribution in [0.15, 0.2) is 53.5 Å². The van der Waals surface area contributed by atoms with Crippen LogP contribution < -0.4 is 4.74 Å². The van der Waals surface area contributed by atoms with Gasteiger partial charge in [0, 0.05) is 0 Å². The molecular weight excluding hydrogens is 321 g/mol. The molecule has 0 saturated carbocycles. The number of benzene rings is 2. The van der Waals surface area contributed by atoms with Gasteiger partial charge in [-0.15, -0.1) is 5.26 Å². The highest BCUT2D eigenvalue weighted by atomic mass is 19.4. The average Bonchev–Trinajstić information content (AvgIpc) is 2.55. The molecule has 2 aromatic carbocycles. The number of rotatable bonds is 4. The van der Waals surface area contributed by atoms with E-state index in [9.17, 15) is 18.0 Å². The number of carbonyl (C=O) groups excluding carboxylic acids is 1. The van der Waals surface area contributed by atoms with Crippen molar-refractivity contribution in [2.24, 2.45) is 4.99 Å². The summed E-state index contributed by atoms with van der Waals surface area (Å²) >= 11 is 0. The fourth-order valence-corrected chi connectivity index (χ4v) is 2.33. The van der Waals surface area contributed by atoms with Gasteiger partial charge in [-0.2, -0.15) is 18.2 Å². The Hall–Kier alpha value is -3.10. The van der Waals surface area contributed by atoms with E-state index in [0.717, 1.165) is 6.92 Å². The van der Waals surface area contributed by atoms with Gasteiger partial charge in [0.15, 0.2) is 0 Å². The molecule has 2 rings (SSSR count). The molecule has 2 aromatic rings. The van der Waals surface area contributed by atoms with Crippen LogP contribution in [0.5, 0.6) is 5.75 Å². The first-order valence-corrected chi connectivity index (χ1v) is 6.74. The van der Waals surface area contributed by atoms with Crippen LogP contribution in [0.4, 0.5) is 18.9 Å². The van der Waals surface area contributed by atoms with Crippen LogP contribution in [-0.2, 0) is 10.2 Å². The standard InChI is InChI=1S/C17H11F3N2O2/c1-16(17(18,19)20,12-2-6-14(7-3-12)22-11-23)13-4-8-15(9-5-13)24-10-21/h2-9H,1H3. The monoisotopic (exact) mass is 332 g/mol. The van der Waals surface area contributed by atoms with Crippen molar-refractivity contribution in [3.63, 3.8) is 0 Å². The molecule has 1 atom stereocenters. The van der Waals surface area contributed by atoms with E-state index in [1.807, 2.05) is 0 Å². The minimum absolute atomic E-state index is 0.00574. The van der Waals surface area contributed by atoms with E-state index in [4.69, 9.17) is 5.26 Å². The quantitative estimate of drug-likeness (QED) is 0.474. The van der Waals surface area contributed by atoms with Gasteiger partial charge in [-0.05, 0) is 42.3 Å². The van der Waals surface area contributed by atoms with Gasteiger partial charge >= 0.3 is 6.18 Å². The second-order valence-corrected chi connectivity index (χ2v) is 5.09. The summed E-state index contributed by atoms with van der Waals surface area (Å²) in [6.45, 7) is 1.06. The lowest BCUT2D eigenvalue weighted by molar-refractivity contribution is -0.173. The molecule has 4 nitrogen and oxygen atoms in total. The third kappa shape index (κ3) is 3.14. The minimum atomic E-state index is -4.57. The first kappa shape index (κ1) is 17.3. The maximum absolute atomic E-state index is 13.8. The molecule has 0 aromatic heterocycles. The zero-order chi connectivity index (χ0) is 17.8. The fourth-order valence-electron chi connectivity index (χ4n) is 2.33. The Labute approximate surface area is 135 Å². The summed E-state index contributed by atoms with van der Waals surface area (Å²) in [4.78, 5) is 13.6. The van der Waals surface area contributed by atoms with E-state index >= 15 is 0 Å². The van der Waals surface area contributed by atoms with E-state index in [-0.39, 0.29) is 22.6 Å². The molecule has 24 heavy (non-hydrogen) atoms. The summed E-state index contributed by atoms with van der Waals surface area (Å²) in [6, 6.07) is 10.3. The molecule has 0 fully saturated rings. The van der Waals surface area contributed by atoms with E-state index in [1.54, 1.807) is 0 Å². The Morgan fingerprint density at radius 2 is 1.50 bits per heavy atom. The van der Waals surface area contributed by atoms with Crippen LogP contribution in [0.1, 0.15) is 18.1 Å². The summed E-state index contributed by atoms with van der Waals surface area (Å²) in [7, 11) is 0. The summed E-state index contributed by atoms with van der Waals surface area (Å²) < 4.78 is 46.0. The van der Waals surface area contributed by atoms with Crippen molar-refractivity contribution in [3.05, 3.63) is 59.7 Å². The third-order valence-corrected chi connectivity index (χ3v) is 3.78. The molecular formula is C17H11F3N2O2. The van der Waals surface area contributed by atoms with Gasteiger partial charge in [0.2, 0.25) is 6.08 Å². The van der Waals surface area contributed by atoms with Gasteiger partial charge in [0.1, 0.15) is 11.2 Å². The Morgan fingerprint density at radius 3 is 1.92 bits per heavy atom. The molecule has 0 radical (unpaired) electrons. The van der Waals surface area contributed by atoms with Gasteiger partial charge in [-0.1, -0.05) is 24.3 Å². The van der Waals surface area contributed by atoms with Gasteiger partial charge in [-0.25, -0.2) is 4.79 Å². The Kier molecular flexibility index (Phi) is 4.72. The number of aliphatic imine (C=N–C) groups is 1. The van der Waals surface area contributed by atoms with Crippen molar-refractivity contribution in [1.82, 2.24) is 0 Å². The van der Waals surface area contributed by atoms with Gasteiger partial charge in [0.25, 0.3) is 6.26 Å². The topological polar surface area (TPSA) is 62.4 Å². The molecule has 0 amide bonds. The molecule has 0 N–H and O–H groups in total. The predicted octanol–water partition coefficient (Wildman–Crippen LogP) is 4.38. The zero-order valence-corrected chi connectivity index (χ0v) is 12.5. The Balaban J connectivity index is 2.54. The van der Waals surface area contributed by atoms with Crippen LogP contribution in [-0.4, -0.2) is 12.3 Å². The maximum Gasteiger partial charge on any atom is 0.402 e. The molecule has 7 heteroatoms. The van der Waals surface area contributed by atoms with Crippen molar-refractivity contribution in [2.75, 3.05) is 0 Å². The van der Waals surface area contributed by atoms with Crippen molar-refractivity contribution < 1.29 is 22.7 Å². The number of alkyl halides is 3. The maximum atomic E-state index is 13.8. The highest BCUT2D eigenvalue weighted by molar-refractivity contribution is 5.51. The van der Waals surface area contributed by atoms with E-state index < -0.39 is 11.6 Å². The number of ether oxygens (including phenoxy) is 1. The number of nitriles is 1. The second kappa shape index (κ2) is 6.57. The lowest BCUT2D eigenvalue weighted by Gasteiger charge is -2.33. The SMILES string of the molecule is CC(c1ccc(N=C=O)cc1)(c1ccc(OC#N)cc1)C(F)(F)F. The van der Waals surface area contributed by atoms with Crippen LogP contribution in [0.3, 0.4) is 0 Å². The Bertz CT molecular complexity index is 802. The van der Waals surface area contributed by atoms with E-state index in [1.165, 1.54) is 60.9 Å². The summed E-state index contributed by atoms with van der Waals surface area (Å²) in [5.74, 6) is 0.154. The predicted molar refractivity (Wildman–Crippen MR) is 79.4 cm³/mol. The van der Waals surface area contributed by atoms with Gasteiger partial charge < -0.3 is 4.74 Å². The fraction of sp³-hybridized carbons (Fsp3) is 0.176. The molecule has 0 saturated heterocycles. The number of hydrogen-bond acceptors (Lipinski definition) is 4. The van der Waals surface area contributed by atoms with Crippen molar-refractivity contribution in [3.8, 4) is 12.0 Å². The van der Waals surface area contributed by atoms with E-state index in [2.05, 4.69) is 9.73 Å². The second-order valence-electron chi connectivity index (χ2n) is 5.09. The minimum Gasteiger partial charge on any atom is -0.388 e. The van der Waals surface area contributed by atoms with Crippen molar-refractivity contribution in [2.45, 2.75) is 18.5 Å². The highest BCUT2D eigenvalue weighted by Crippen LogP contribution is 2.46. The smallest absolute Gasteiger partial charge is 0.388 e. The summed E-state index contributed by atoms with van der Waals surface area (Å²) in [5.41, 5.74) is -2.07. The molecule has 0 spiro atoms. The Morgan fingerprint density at radius 1 is 1.00 bits per heavy atom. The van der Waals surface area contributed by atoms with Crippen LogP contribution in [0, 0.1) is 11.5 Å². The van der Waals surface area contributed by atoms with Gasteiger partial charge in [-0.3, -0.25) is 0 Å². The lowest BCUT2D eigenvalue weighted by atomic mass is 9.75. The normalized spacial score (nSPS) is 13.3. The third-order valence-electron chi connectivity index (χ3n) is 3.78. The lowest BCUT2D eigenvalue weighted by Crippen LogP contribution is -2.40. The molecule has 0 aliphatic carbocycles. The molecule has 0 heterocycles. The van der Waals surface area contributed by atoms with Crippen molar-refractivity contribution in [1.29, 1.82) is 5.26 Å². The summed E-state index contributed by atoms with van der Waals surface area (Å²) in [6.07, 6.45) is -1.78. The van der Waals surface area contributed by atoms with Crippen LogP contribution >= 0.6 is 0 Å². The molecule has 0 aliphatic rings. The molecule has 0 aliphatic heterocycles. The molecule has 1 unspecified atom stereocenters. The highest BCUT2D eigenvalue weighted by Gasteiger charge is 2.53. The average molecular weight is 332 g/mol. The van der Waals surface area contributed by atoms with Crippen molar-refractivity contribution >= 4 is 11.8 Å². The number of isocyanates is 1. The first-order chi connectivity index (χ1) is 11.3. The number of nitrogens with zero attached hydrogens (tertiary/aromatic N) is 2.